The normalized spacial score (nSPS) is 17.5. The lowest BCUT2D eigenvalue weighted by molar-refractivity contribution is 0.105. The number of nitrogens with zero attached hydrogens (tertiary/aromatic N) is 1. The second-order valence-corrected chi connectivity index (χ2v) is 4.42. The van der Waals surface area contributed by atoms with Gasteiger partial charge in [0.15, 0.2) is 0 Å². The molecule has 1 heterocycles. The summed E-state index contributed by atoms with van der Waals surface area (Å²) in [5.74, 6) is 0.802. The van der Waals surface area contributed by atoms with Crippen molar-refractivity contribution in [3.05, 3.63) is 29.8 Å². The van der Waals surface area contributed by atoms with Crippen LogP contribution in [0.2, 0.25) is 0 Å². The molecule has 0 spiro atoms. The van der Waals surface area contributed by atoms with E-state index < -0.39 is 7.12 Å². The zero-order valence-electron chi connectivity index (χ0n) is 8.93. The maximum Gasteiger partial charge on any atom is 0.488 e. The predicted octanol–water partition coefficient (Wildman–Crippen LogP) is -0.182. The molecule has 1 fully saturated rings. The Balaban J connectivity index is 1.99. The van der Waals surface area contributed by atoms with Crippen molar-refractivity contribution in [3.63, 3.8) is 0 Å². The minimum absolute atomic E-state index is 0.570. The molecule has 1 aliphatic heterocycles. The van der Waals surface area contributed by atoms with E-state index in [-0.39, 0.29) is 0 Å². The molecule has 1 aromatic carbocycles. The van der Waals surface area contributed by atoms with Gasteiger partial charge in [0, 0.05) is 19.6 Å². The highest BCUT2D eigenvalue weighted by atomic mass is 16.4. The van der Waals surface area contributed by atoms with Crippen LogP contribution in [0.5, 0.6) is 0 Å². The maximum atomic E-state index is 9.04. The molecule has 0 radical (unpaired) electrons. The van der Waals surface area contributed by atoms with Crippen LogP contribution in [0.15, 0.2) is 24.3 Å². The van der Waals surface area contributed by atoms with Crippen LogP contribution in [0.25, 0.3) is 0 Å². The Morgan fingerprint density at radius 1 is 1.40 bits per heavy atom. The van der Waals surface area contributed by atoms with Gasteiger partial charge in [-0.25, -0.2) is 0 Å². The standard InChI is InChI=1S/C11H16BNO2/c1-9-6-13(7-9)8-10-3-2-4-11(5-10)12(14)15/h2-5,9,14-15H,6-8H2,1H3. The zero-order chi connectivity index (χ0) is 10.8. The first kappa shape index (κ1) is 10.7. The predicted molar refractivity (Wildman–Crippen MR) is 60.7 cm³/mol. The highest BCUT2D eigenvalue weighted by Gasteiger charge is 2.22. The molecular weight excluding hydrogens is 189 g/mol. The average Bonchev–Trinajstić information content (AvgIpc) is 2.16. The van der Waals surface area contributed by atoms with Crippen molar-refractivity contribution in [1.29, 1.82) is 0 Å². The number of hydrogen-bond donors (Lipinski definition) is 2. The number of rotatable bonds is 3. The summed E-state index contributed by atoms with van der Waals surface area (Å²) < 4.78 is 0. The van der Waals surface area contributed by atoms with Crippen LogP contribution < -0.4 is 5.46 Å². The first-order valence-electron chi connectivity index (χ1n) is 5.32. The van der Waals surface area contributed by atoms with E-state index >= 15 is 0 Å². The molecule has 2 N–H and O–H groups in total. The molecule has 0 aromatic heterocycles. The van der Waals surface area contributed by atoms with Crippen LogP contribution >= 0.6 is 0 Å². The largest absolute Gasteiger partial charge is 0.488 e. The molecule has 0 amide bonds. The molecular formula is C11H16BNO2. The molecule has 80 valence electrons. The summed E-state index contributed by atoms with van der Waals surface area (Å²) in [5.41, 5.74) is 1.72. The van der Waals surface area contributed by atoms with E-state index in [9.17, 15) is 0 Å². The van der Waals surface area contributed by atoms with Gasteiger partial charge in [-0.1, -0.05) is 31.2 Å². The van der Waals surface area contributed by atoms with Crippen molar-refractivity contribution in [1.82, 2.24) is 4.90 Å². The lowest BCUT2D eigenvalue weighted by Gasteiger charge is -2.37. The summed E-state index contributed by atoms with van der Waals surface area (Å²) >= 11 is 0. The van der Waals surface area contributed by atoms with Crippen molar-refractivity contribution in [2.24, 2.45) is 5.92 Å². The van der Waals surface area contributed by atoms with E-state index in [1.165, 1.54) is 0 Å². The molecule has 0 saturated carbocycles. The second kappa shape index (κ2) is 4.35. The van der Waals surface area contributed by atoms with E-state index in [0.717, 1.165) is 31.1 Å². The van der Waals surface area contributed by atoms with Crippen LogP contribution in [0, 0.1) is 5.92 Å². The lowest BCUT2D eigenvalue weighted by atomic mass is 9.79. The van der Waals surface area contributed by atoms with Gasteiger partial charge in [0.1, 0.15) is 0 Å². The molecule has 4 heteroatoms. The highest BCUT2D eigenvalue weighted by Crippen LogP contribution is 2.16. The third-order valence-corrected chi connectivity index (χ3v) is 2.80. The summed E-state index contributed by atoms with van der Waals surface area (Å²) in [5, 5.41) is 18.1. The zero-order valence-corrected chi connectivity index (χ0v) is 8.93. The molecule has 1 aliphatic rings. The van der Waals surface area contributed by atoms with Crippen molar-refractivity contribution in [2.75, 3.05) is 13.1 Å². The van der Waals surface area contributed by atoms with Crippen LogP contribution in [0.3, 0.4) is 0 Å². The van der Waals surface area contributed by atoms with Crippen molar-refractivity contribution >= 4 is 12.6 Å². The summed E-state index contributed by atoms with van der Waals surface area (Å²) in [6.07, 6.45) is 0. The van der Waals surface area contributed by atoms with Gasteiger partial charge in [-0.3, -0.25) is 4.90 Å². The van der Waals surface area contributed by atoms with Gasteiger partial charge in [0.2, 0.25) is 0 Å². The van der Waals surface area contributed by atoms with E-state index in [4.69, 9.17) is 10.0 Å². The molecule has 15 heavy (non-hydrogen) atoms. The minimum Gasteiger partial charge on any atom is -0.423 e. The molecule has 3 nitrogen and oxygen atoms in total. The Kier molecular flexibility index (Phi) is 3.10. The van der Waals surface area contributed by atoms with E-state index in [1.807, 2.05) is 18.2 Å². The third kappa shape index (κ3) is 2.59. The molecule has 1 aromatic rings. The molecule has 0 unspecified atom stereocenters. The SMILES string of the molecule is CC1CN(Cc2cccc(B(O)O)c2)C1. The fourth-order valence-corrected chi connectivity index (χ4v) is 2.07. The molecule has 0 bridgehead atoms. The highest BCUT2D eigenvalue weighted by molar-refractivity contribution is 6.58. The Labute approximate surface area is 90.5 Å². The van der Waals surface area contributed by atoms with Gasteiger partial charge < -0.3 is 10.0 Å². The molecule has 0 aliphatic carbocycles. The van der Waals surface area contributed by atoms with Gasteiger partial charge in [-0.2, -0.15) is 0 Å². The summed E-state index contributed by atoms with van der Waals surface area (Å²) in [7, 11) is -1.36. The van der Waals surface area contributed by atoms with Gasteiger partial charge in [-0.15, -0.1) is 0 Å². The summed E-state index contributed by atoms with van der Waals surface area (Å²) in [6.45, 7) is 5.44. The topological polar surface area (TPSA) is 43.7 Å². The maximum absolute atomic E-state index is 9.04. The first-order chi connectivity index (χ1) is 7.15. The van der Waals surface area contributed by atoms with Crippen LogP contribution in [-0.4, -0.2) is 35.2 Å². The van der Waals surface area contributed by atoms with E-state index in [0.29, 0.717) is 5.46 Å². The number of likely N-dealkylation sites (tertiary alicyclic amines) is 1. The lowest BCUT2D eigenvalue weighted by Crippen LogP contribution is -2.44. The monoisotopic (exact) mass is 205 g/mol. The molecule has 1 saturated heterocycles. The van der Waals surface area contributed by atoms with Gasteiger partial charge in [-0.05, 0) is 16.9 Å². The summed E-state index contributed by atoms with van der Waals surface area (Å²) in [6, 6.07) is 7.47. The second-order valence-electron chi connectivity index (χ2n) is 4.42. The van der Waals surface area contributed by atoms with Crippen molar-refractivity contribution < 1.29 is 10.0 Å². The summed E-state index contributed by atoms with van der Waals surface area (Å²) in [4.78, 5) is 2.35. The van der Waals surface area contributed by atoms with Crippen LogP contribution in [0.4, 0.5) is 0 Å². The Bertz CT molecular complexity index is 337. The average molecular weight is 205 g/mol. The fourth-order valence-electron chi connectivity index (χ4n) is 2.07. The van der Waals surface area contributed by atoms with Crippen molar-refractivity contribution in [3.8, 4) is 0 Å². The smallest absolute Gasteiger partial charge is 0.423 e. The Hall–Kier alpha value is -0.835. The molecule has 2 rings (SSSR count). The quantitative estimate of drug-likeness (QED) is 0.672. The number of benzene rings is 1. The minimum atomic E-state index is -1.36. The molecule has 0 atom stereocenters. The Morgan fingerprint density at radius 3 is 2.73 bits per heavy atom. The third-order valence-electron chi connectivity index (χ3n) is 2.80. The van der Waals surface area contributed by atoms with Crippen molar-refractivity contribution in [2.45, 2.75) is 13.5 Å². The van der Waals surface area contributed by atoms with Crippen LogP contribution in [0.1, 0.15) is 12.5 Å². The fraction of sp³-hybridized carbons (Fsp3) is 0.455. The van der Waals surface area contributed by atoms with E-state index in [1.54, 1.807) is 6.07 Å². The van der Waals surface area contributed by atoms with Gasteiger partial charge in [0.25, 0.3) is 0 Å². The van der Waals surface area contributed by atoms with E-state index in [2.05, 4.69) is 11.8 Å². The number of hydrogen-bond acceptors (Lipinski definition) is 3. The van der Waals surface area contributed by atoms with Gasteiger partial charge in [0.05, 0.1) is 0 Å². The first-order valence-corrected chi connectivity index (χ1v) is 5.32. The van der Waals surface area contributed by atoms with Gasteiger partial charge >= 0.3 is 7.12 Å². The van der Waals surface area contributed by atoms with Crippen LogP contribution in [-0.2, 0) is 6.54 Å². The Morgan fingerprint density at radius 2 is 2.13 bits per heavy atom.